The number of aryl methyl sites for hydroxylation is 1. The van der Waals surface area contributed by atoms with Gasteiger partial charge in [-0.1, -0.05) is 0 Å². The summed E-state index contributed by atoms with van der Waals surface area (Å²) in [6, 6.07) is 0.997. The van der Waals surface area contributed by atoms with Crippen molar-refractivity contribution >= 4 is 22.7 Å². The molecule has 4 rings (SSSR count). The van der Waals surface area contributed by atoms with E-state index in [-0.39, 0.29) is 23.4 Å². The minimum absolute atomic E-state index is 0.0308. The van der Waals surface area contributed by atoms with Crippen LogP contribution in [-0.4, -0.2) is 40.1 Å². The molecule has 1 aromatic carbocycles. The molecule has 2 aromatic rings. The zero-order valence-electron chi connectivity index (χ0n) is 19.8. The number of aromatic nitrogens is 2. The van der Waals surface area contributed by atoms with Gasteiger partial charge in [0.1, 0.15) is 11.4 Å². The van der Waals surface area contributed by atoms with Gasteiger partial charge in [0.2, 0.25) is 0 Å². The summed E-state index contributed by atoms with van der Waals surface area (Å²) in [5, 5.41) is 2.99. The summed E-state index contributed by atoms with van der Waals surface area (Å²) in [7, 11) is 0. The largest absolute Gasteiger partial charge is 0.444 e. The van der Waals surface area contributed by atoms with Gasteiger partial charge in [0, 0.05) is 30.7 Å². The van der Waals surface area contributed by atoms with Crippen LogP contribution in [0, 0.1) is 18.7 Å². The highest BCUT2D eigenvalue weighted by molar-refractivity contribution is 5.87. The molecule has 0 bridgehead atoms. The van der Waals surface area contributed by atoms with Crippen LogP contribution in [0.2, 0.25) is 0 Å². The van der Waals surface area contributed by atoms with Gasteiger partial charge in [-0.05, 0) is 65.9 Å². The summed E-state index contributed by atoms with van der Waals surface area (Å²) >= 11 is 0. The second-order valence-corrected chi connectivity index (χ2v) is 10.2. The maximum Gasteiger partial charge on any atom is 0.407 e. The Hall–Kier alpha value is -3.04. The molecule has 1 saturated carbocycles. The highest BCUT2D eigenvalue weighted by Gasteiger charge is 2.34. The van der Waals surface area contributed by atoms with Crippen molar-refractivity contribution in [2.75, 3.05) is 23.8 Å². The highest BCUT2D eigenvalue weighted by Crippen LogP contribution is 2.39. The number of hydrogen-bond donors (Lipinski definition) is 2. The molecule has 1 aliphatic carbocycles. The Morgan fingerprint density at radius 2 is 1.94 bits per heavy atom. The first-order valence-electron chi connectivity index (χ1n) is 11.4. The number of nitrogens with one attached hydrogen (secondary N) is 1. The molecular weight excluding hydrogens is 429 g/mol. The average molecular weight is 462 g/mol. The van der Waals surface area contributed by atoms with Gasteiger partial charge in [-0.25, -0.2) is 14.0 Å². The Morgan fingerprint density at radius 3 is 2.55 bits per heavy atom. The Balaban J connectivity index is 1.65. The normalized spacial score (nSPS) is 19.7. The van der Waals surface area contributed by atoms with E-state index in [1.54, 1.807) is 27.7 Å². The average Bonchev–Trinajstić information content (AvgIpc) is 3.42. The minimum Gasteiger partial charge on any atom is -0.444 e. The standard InChI is InChI=1S/C23H32FN5O4/c1-12-18-16(20(30)29(25)22(32)28(18)15-6-7-15)10-17(24)19(12)27-9-8-14(11-27)13(2)26-21(31)33-23(3,4)5/h10,13-15H,6-9,11,25H2,1-5H3,(H,26,31)/t13-,14?/m1/s1. The smallest absolute Gasteiger partial charge is 0.407 e. The lowest BCUT2D eigenvalue weighted by atomic mass is 10.0. The number of nitrogens with zero attached hydrogens (tertiary/aromatic N) is 3. The quantitative estimate of drug-likeness (QED) is 0.677. The van der Waals surface area contributed by atoms with Crippen molar-refractivity contribution in [1.82, 2.24) is 14.6 Å². The van der Waals surface area contributed by atoms with Gasteiger partial charge in [-0.15, -0.1) is 0 Å². The zero-order valence-corrected chi connectivity index (χ0v) is 19.8. The van der Waals surface area contributed by atoms with Crippen molar-refractivity contribution < 1.29 is 13.9 Å². The Labute approximate surface area is 191 Å². The molecule has 9 nitrogen and oxygen atoms in total. The molecular formula is C23H32FN5O4. The van der Waals surface area contributed by atoms with Crippen LogP contribution in [0.4, 0.5) is 14.9 Å². The summed E-state index contributed by atoms with van der Waals surface area (Å²) in [4.78, 5) is 39.4. The zero-order chi connectivity index (χ0) is 24.2. The van der Waals surface area contributed by atoms with E-state index in [2.05, 4.69) is 5.32 Å². The molecule has 180 valence electrons. The molecule has 2 heterocycles. The van der Waals surface area contributed by atoms with Crippen LogP contribution >= 0.6 is 0 Å². The van der Waals surface area contributed by atoms with Crippen LogP contribution in [0.3, 0.4) is 0 Å². The fraction of sp³-hybridized carbons (Fsp3) is 0.609. The number of amides is 1. The molecule has 10 heteroatoms. The first-order valence-corrected chi connectivity index (χ1v) is 11.4. The van der Waals surface area contributed by atoms with Crippen molar-refractivity contribution in [3.8, 4) is 0 Å². The van der Waals surface area contributed by atoms with E-state index in [1.165, 1.54) is 10.6 Å². The fourth-order valence-electron chi connectivity index (χ4n) is 4.73. The van der Waals surface area contributed by atoms with Gasteiger partial charge in [0.15, 0.2) is 0 Å². The van der Waals surface area contributed by atoms with E-state index >= 15 is 4.39 Å². The molecule has 0 radical (unpaired) electrons. The second-order valence-electron chi connectivity index (χ2n) is 10.2. The summed E-state index contributed by atoms with van der Waals surface area (Å²) in [5.74, 6) is 5.27. The highest BCUT2D eigenvalue weighted by atomic mass is 19.1. The molecule has 1 aliphatic heterocycles. The van der Waals surface area contributed by atoms with E-state index in [0.717, 1.165) is 19.3 Å². The number of carbonyl (C=O) groups is 1. The molecule has 2 aliphatic rings. The predicted molar refractivity (Wildman–Crippen MR) is 125 cm³/mol. The maximum absolute atomic E-state index is 15.3. The van der Waals surface area contributed by atoms with Crippen LogP contribution in [-0.2, 0) is 4.74 Å². The minimum atomic E-state index is -0.699. The van der Waals surface area contributed by atoms with E-state index in [9.17, 15) is 14.4 Å². The molecule has 2 atom stereocenters. The number of nitrogen functional groups attached to an aromatic ring is 1. The molecule has 1 unspecified atom stereocenters. The van der Waals surface area contributed by atoms with Crippen molar-refractivity contribution in [1.29, 1.82) is 0 Å². The van der Waals surface area contributed by atoms with Crippen LogP contribution in [0.5, 0.6) is 0 Å². The Morgan fingerprint density at radius 1 is 1.27 bits per heavy atom. The van der Waals surface area contributed by atoms with E-state index in [0.29, 0.717) is 34.5 Å². The Kier molecular flexibility index (Phi) is 5.66. The second kappa shape index (κ2) is 8.07. The summed E-state index contributed by atoms with van der Waals surface area (Å²) in [6.45, 7) is 10.2. The van der Waals surface area contributed by atoms with Gasteiger partial charge in [-0.2, -0.15) is 4.68 Å². The third-order valence-corrected chi connectivity index (χ3v) is 6.47. The fourth-order valence-corrected chi connectivity index (χ4v) is 4.73. The lowest BCUT2D eigenvalue weighted by Crippen LogP contribution is -2.45. The van der Waals surface area contributed by atoms with Crippen LogP contribution in [0.25, 0.3) is 10.9 Å². The SMILES string of the molecule is Cc1c(N2CCC([C@@H](C)NC(=O)OC(C)(C)C)C2)c(F)cc2c(=O)n(N)c(=O)n(C3CC3)c12. The Bertz CT molecular complexity index is 1220. The molecule has 3 N–H and O–H groups in total. The lowest BCUT2D eigenvalue weighted by Gasteiger charge is -2.26. The maximum atomic E-state index is 15.3. The number of carbonyl (C=O) groups excluding carboxylic acids is 1. The first kappa shape index (κ1) is 23.1. The number of benzene rings is 1. The third kappa shape index (κ3) is 4.30. The third-order valence-electron chi connectivity index (χ3n) is 6.47. The van der Waals surface area contributed by atoms with Crippen molar-refractivity contribution in [2.45, 2.75) is 71.6 Å². The molecule has 1 aromatic heterocycles. The van der Waals surface area contributed by atoms with Crippen molar-refractivity contribution in [3.63, 3.8) is 0 Å². The number of halogens is 1. The topological polar surface area (TPSA) is 112 Å². The molecule has 33 heavy (non-hydrogen) atoms. The first-order chi connectivity index (χ1) is 15.4. The molecule has 1 saturated heterocycles. The van der Waals surface area contributed by atoms with E-state index in [4.69, 9.17) is 10.6 Å². The van der Waals surface area contributed by atoms with Gasteiger partial charge in [0.25, 0.3) is 5.56 Å². The van der Waals surface area contributed by atoms with E-state index in [1.807, 2.05) is 11.8 Å². The summed E-state index contributed by atoms with van der Waals surface area (Å²) < 4.78 is 22.8. The number of alkyl carbamates (subject to hydrolysis) is 1. The van der Waals surface area contributed by atoms with Crippen LogP contribution in [0.15, 0.2) is 15.7 Å². The summed E-state index contributed by atoms with van der Waals surface area (Å²) in [5.41, 5.74) is -0.470. The molecule has 1 amide bonds. The molecule has 2 fully saturated rings. The van der Waals surface area contributed by atoms with Crippen molar-refractivity contribution in [3.05, 3.63) is 38.3 Å². The number of rotatable bonds is 4. The van der Waals surface area contributed by atoms with Crippen LogP contribution in [0.1, 0.15) is 58.6 Å². The van der Waals surface area contributed by atoms with Crippen LogP contribution < -0.4 is 27.3 Å². The number of hydrogen-bond acceptors (Lipinski definition) is 6. The molecule has 0 spiro atoms. The van der Waals surface area contributed by atoms with Gasteiger partial charge >= 0.3 is 11.8 Å². The lowest BCUT2D eigenvalue weighted by molar-refractivity contribution is 0.0494. The number of ether oxygens (including phenoxy) is 1. The van der Waals surface area contributed by atoms with Crippen molar-refractivity contribution in [2.24, 2.45) is 5.92 Å². The number of nitrogens with two attached hydrogens (primary N) is 1. The van der Waals surface area contributed by atoms with Gasteiger partial charge < -0.3 is 20.8 Å². The number of fused-ring (bicyclic) bond motifs is 1. The van der Waals surface area contributed by atoms with Gasteiger partial charge in [-0.3, -0.25) is 9.36 Å². The summed E-state index contributed by atoms with van der Waals surface area (Å²) in [6.07, 6.45) is 1.92. The van der Waals surface area contributed by atoms with E-state index < -0.39 is 28.8 Å². The van der Waals surface area contributed by atoms with Gasteiger partial charge in [0.05, 0.1) is 16.6 Å². The monoisotopic (exact) mass is 461 g/mol. The predicted octanol–water partition coefficient (Wildman–Crippen LogP) is 2.40. The number of anilines is 1.